The van der Waals surface area contributed by atoms with Crippen molar-refractivity contribution in [3.05, 3.63) is 35.4 Å². The summed E-state index contributed by atoms with van der Waals surface area (Å²) in [6.07, 6.45) is 2.96. The Labute approximate surface area is 125 Å². The van der Waals surface area contributed by atoms with Crippen LogP contribution in [0.15, 0.2) is 24.3 Å². The minimum atomic E-state index is -0.133. The van der Waals surface area contributed by atoms with E-state index in [4.69, 9.17) is 0 Å². The van der Waals surface area contributed by atoms with Crippen LogP contribution in [0.4, 0.5) is 0 Å². The molecule has 1 aliphatic heterocycles. The molecule has 1 aliphatic rings. The maximum atomic E-state index is 12.2. The van der Waals surface area contributed by atoms with Gasteiger partial charge in [0.2, 0.25) is 0 Å². The Balaban J connectivity index is 1.98. The third-order valence-corrected chi connectivity index (χ3v) is 3.55. The number of carbonyl (C=O) groups excluding carboxylic acids is 2. The lowest BCUT2D eigenvalue weighted by atomic mass is 10.1. The molecule has 1 heterocycles. The number of benzene rings is 1. The van der Waals surface area contributed by atoms with Crippen molar-refractivity contribution in [2.75, 3.05) is 19.6 Å². The third-order valence-electron chi connectivity index (χ3n) is 3.55. The highest BCUT2D eigenvalue weighted by Gasteiger charge is 2.17. The summed E-state index contributed by atoms with van der Waals surface area (Å²) in [4.78, 5) is 24.1. The first-order valence-corrected chi connectivity index (χ1v) is 7.60. The van der Waals surface area contributed by atoms with Gasteiger partial charge in [-0.05, 0) is 44.0 Å². The number of hydrogen-bond acceptors (Lipinski definition) is 3. The standard InChI is InChI=1S/C16H23N3O2/c1-2-8-18-15(20)12-5-3-6-13(10-12)16(21)19-14-7-4-9-17-11-14/h3,5-6,10,14,17H,2,4,7-9,11H2,1H3,(H,18,20)(H,19,21)/t14-/m0/s1. The average Bonchev–Trinajstić information content (AvgIpc) is 2.53. The number of nitrogens with one attached hydrogen (secondary N) is 3. The molecule has 1 aromatic rings. The molecule has 3 N–H and O–H groups in total. The molecule has 2 amide bonds. The molecule has 0 saturated carbocycles. The Kier molecular flexibility index (Phi) is 5.75. The molecule has 1 saturated heterocycles. The highest BCUT2D eigenvalue weighted by Crippen LogP contribution is 2.08. The summed E-state index contributed by atoms with van der Waals surface area (Å²) < 4.78 is 0. The van der Waals surface area contributed by atoms with E-state index in [0.717, 1.165) is 32.4 Å². The number of rotatable bonds is 5. The van der Waals surface area contributed by atoms with Gasteiger partial charge in [0.05, 0.1) is 0 Å². The summed E-state index contributed by atoms with van der Waals surface area (Å²) in [5.74, 6) is -0.250. The maximum Gasteiger partial charge on any atom is 0.251 e. The van der Waals surface area contributed by atoms with E-state index < -0.39 is 0 Å². The number of hydrogen-bond donors (Lipinski definition) is 3. The summed E-state index contributed by atoms with van der Waals surface area (Å²) >= 11 is 0. The molecule has 0 aliphatic carbocycles. The van der Waals surface area contributed by atoms with Crippen molar-refractivity contribution in [3.63, 3.8) is 0 Å². The molecule has 1 atom stereocenters. The minimum Gasteiger partial charge on any atom is -0.352 e. The Morgan fingerprint density at radius 3 is 2.71 bits per heavy atom. The number of carbonyl (C=O) groups is 2. The fourth-order valence-electron chi connectivity index (χ4n) is 2.39. The Bertz CT molecular complexity index is 496. The lowest BCUT2D eigenvalue weighted by Gasteiger charge is -2.23. The Hall–Kier alpha value is -1.88. The van der Waals surface area contributed by atoms with Crippen molar-refractivity contribution < 1.29 is 9.59 Å². The van der Waals surface area contributed by atoms with Gasteiger partial charge in [0.15, 0.2) is 0 Å². The van der Waals surface area contributed by atoms with Crippen LogP contribution in [0.2, 0.25) is 0 Å². The summed E-state index contributed by atoms with van der Waals surface area (Å²) in [5, 5.41) is 9.09. The third kappa shape index (κ3) is 4.56. The first-order valence-electron chi connectivity index (χ1n) is 7.60. The molecule has 0 radical (unpaired) electrons. The van der Waals surface area contributed by atoms with Crippen LogP contribution in [0.1, 0.15) is 46.9 Å². The van der Waals surface area contributed by atoms with Crippen LogP contribution in [0.3, 0.4) is 0 Å². The normalized spacial score (nSPS) is 18.0. The van der Waals surface area contributed by atoms with Crippen molar-refractivity contribution in [3.8, 4) is 0 Å². The molecule has 5 nitrogen and oxygen atoms in total. The van der Waals surface area contributed by atoms with Gasteiger partial charge in [-0.2, -0.15) is 0 Å². The lowest BCUT2D eigenvalue weighted by Crippen LogP contribution is -2.45. The van der Waals surface area contributed by atoms with E-state index in [1.54, 1.807) is 24.3 Å². The van der Waals surface area contributed by atoms with Crippen molar-refractivity contribution in [2.24, 2.45) is 0 Å². The van der Waals surface area contributed by atoms with E-state index in [2.05, 4.69) is 16.0 Å². The van der Waals surface area contributed by atoms with E-state index >= 15 is 0 Å². The van der Waals surface area contributed by atoms with Gasteiger partial charge in [0, 0.05) is 30.3 Å². The van der Waals surface area contributed by atoms with E-state index in [0.29, 0.717) is 17.7 Å². The fourth-order valence-corrected chi connectivity index (χ4v) is 2.39. The number of piperidine rings is 1. The molecule has 5 heteroatoms. The van der Waals surface area contributed by atoms with Crippen LogP contribution in [-0.4, -0.2) is 37.5 Å². The first kappa shape index (κ1) is 15.5. The molecule has 0 aromatic heterocycles. The van der Waals surface area contributed by atoms with Gasteiger partial charge >= 0.3 is 0 Å². The molecule has 2 rings (SSSR count). The SMILES string of the molecule is CCCNC(=O)c1cccc(C(=O)N[C@H]2CCCNC2)c1. The second-order valence-electron chi connectivity index (χ2n) is 5.35. The monoisotopic (exact) mass is 289 g/mol. The predicted molar refractivity (Wildman–Crippen MR) is 82.4 cm³/mol. The van der Waals surface area contributed by atoms with E-state index in [9.17, 15) is 9.59 Å². The summed E-state index contributed by atoms with van der Waals surface area (Å²) in [5.41, 5.74) is 1.06. The van der Waals surface area contributed by atoms with Crippen LogP contribution in [-0.2, 0) is 0 Å². The quantitative estimate of drug-likeness (QED) is 0.765. The molecule has 1 aromatic carbocycles. The maximum absolute atomic E-state index is 12.2. The highest BCUT2D eigenvalue weighted by molar-refractivity contribution is 5.99. The van der Waals surface area contributed by atoms with Crippen LogP contribution in [0.5, 0.6) is 0 Å². The first-order chi connectivity index (χ1) is 10.2. The van der Waals surface area contributed by atoms with Gasteiger partial charge in [-0.15, -0.1) is 0 Å². The van der Waals surface area contributed by atoms with Gasteiger partial charge in [0.1, 0.15) is 0 Å². The lowest BCUT2D eigenvalue weighted by molar-refractivity contribution is 0.0930. The van der Waals surface area contributed by atoms with Gasteiger partial charge in [-0.1, -0.05) is 13.0 Å². The second-order valence-corrected chi connectivity index (χ2v) is 5.35. The fraction of sp³-hybridized carbons (Fsp3) is 0.500. The van der Waals surface area contributed by atoms with E-state index in [-0.39, 0.29) is 17.9 Å². The largest absolute Gasteiger partial charge is 0.352 e. The smallest absolute Gasteiger partial charge is 0.251 e. The second kappa shape index (κ2) is 7.78. The summed E-state index contributed by atoms with van der Waals surface area (Å²) in [6.45, 7) is 4.47. The van der Waals surface area contributed by atoms with Crippen LogP contribution in [0, 0.1) is 0 Å². The molecule has 0 spiro atoms. The molecule has 0 bridgehead atoms. The zero-order valence-corrected chi connectivity index (χ0v) is 12.4. The summed E-state index contributed by atoms with van der Waals surface area (Å²) in [7, 11) is 0. The van der Waals surface area contributed by atoms with Gasteiger partial charge in [0.25, 0.3) is 11.8 Å². The van der Waals surface area contributed by atoms with E-state index in [1.165, 1.54) is 0 Å². The van der Waals surface area contributed by atoms with Crippen molar-refractivity contribution >= 4 is 11.8 Å². The van der Waals surface area contributed by atoms with Crippen molar-refractivity contribution in [1.29, 1.82) is 0 Å². The topological polar surface area (TPSA) is 70.2 Å². The molecule has 21 heavy (non-hydrogen) atoms. The van der Waals surface area contributed by atoms with Gasteiger partial charge < -0.3 is 16.0 Å². The molecule has 114 valence electrons. The molecule has 0 unspecified atom stereocenters. The Morgan fingerprint density at radius 2 is 2.05 bits per heavy atom. The van der Waals surface area contributed by atoms with E-state index in [1.807, 2.05) is 6.92 Å². The zero-order valence-electron chi connectivity index (χ0n) is 12.4. The van der Waals surface area contributed by atoms with Crippen molar-refractivity contribution in [2.45, 2.75) is 32.2 Å². The zero-order chi connectivity index (χ0) is 15.1. The molecule has 1 fully saturated rings. The predicted octanol–water partition coefficient (Wildman–Crippen LogP) is 1.31. The van der Waals surface area contributed by atoms with Crippen LogP contribution in [0.25, 0.3) is 0 Å². The number of amides is 2. The van der Waals surface area contributed by atoms with Gasteiger partial charge in [-0.25, -0.2) is 0 Å². The van der Waals surface area contributed by atoms with Crippen molar-refractivity contribution in [1.82, 2.24) is 16.0 Å². The Morgan fingerprint density at radius 1 is 1.29 bits per heavy atom. The van der Waals surface area contributed by atoms with Gasteiger partial charge in [-0.3, -0.25) is 9.59 Å². The van der Waals surface area contributed by atoms with Crippen LogP contribution < -0.4 is 16.0 Å². The summed E-state index contributed by atoms with van der Waals surface area (Å²) in [6, 6.07) is 7.03. The minimum absolute atomic E-state index is 0.117. The average molecular weight is 289 g/mol. The highest BCUT2D eigenvalue weighted by atomic mass is 16.2. The molecular weight excluding hydrogens is 266 g/mol. The van der Waals surface area contributed by atoms with Crippen LogP contribution >= 0.6 is 0 Å². The molecular formula is C16H23N3O2.